The Labute approximate surface area is 109 Å². The third kappa shape index (κ3) is 4.76. The van der Waals surface area contributed by atoms with Gasteiger partial charge in [-0.05, 0) is 24.5 Å². The van der Waals surface area contributed by atoms with E-state index < -0.39 is 15.9 Å². The van der Waals surface area contributed by atoms with Gasteiger partial charge in [0.25, 0.3) is 0 Å². The van der Waals surface area contributed by atoms with Crippen molar-refractivity contribution in [1.82, 2.24) is 0 Å². The first-order chi connectivity index (χ1) is 8.46. The van der Waals surface area contributed by atoms with E-state index in [1.165, 1.54) is 0 Å². The van der Waals surface area contributed by atoms with Crippen molar-refractivity contribution in [2.45, 2.75) is 19.4 Å². The van der Waals surface area contributed by atoms with Crippen molar-refractivity contribution in [2.24, 2.45) is 5.73 Å². The van der Waals surface area contributed by atoms with Crippen molar-refractivity contribution in [2.75, 3.05) is 25.2 Å². The minimum Gasteiger partial charge on any atom is -0.385 e. The van der Waals surface area contributed by atoms with Gasteiger partial charge in [0.05, 0.1) is 11.5 Å². The number of aryl methyl sites for hydroxylation is 1. The molecule has 102 valence electrons. The molecule has 0 aliphatic heterocycles. The Balaban J connectivity index is 2.64. The molecule has 1 unspecified atom stereocenters. The first-order valence-corrected chi connectivity index (χ1v) is 7.79. The van der Waals surface area contributed by atoms with Gasteiger partial charge in [0.1, 0.15) is 0 Å². The molecule has 0 aliphatic rings. The van der Waals surface area contributed by atoms with Crippen LogP contribution in [-0.4, -0.2) is 33.6 Å². The SMILES string of the molecule is COCCCS(=O)(=O)CC(N)c1ccccc1C. The fraction of sp³-hybridized carbons (Fsp3) is 0.538. The number of benzene rings is 1. The second kappa shape index (κ2) is 6.87. The molecule has 0 radical (unpaired) electrons. The van der Waals surface area contributed by atoms with E-state index in [4.69, 9.17) is 10.5 Å². The fourth-order valence-corrected chi connectivity index (χ4v) is 3.32. The van der Waals surface area contributed by atoms with Crippen LogP contribution in [0.3, 0.4) is 0 Å². The normalized spacial score (nSPS) is 13.5. The Hall–Kier alpha value is -0.910. The molecule has 0 fully saturated rings. The zero-order valence-corrected chi connectivity index (χ0v) is 11.7. The van der Waals surface area contributed by atoms with Crippen molar-refractivity contribution in [3.63, 3.8) is 0 Å². The lowest BCUT2D eigenvalue weighted by atomic mass is 10.0. The summed E-state index contributed by atoms with van der Waals surface area (Å²) < 4.78 is 28.6. The number of hydrogen-bond donors (Lipinski definition) is 1. The first kappa shape index (κ1) is 15.1. The van der Waals surface area contributed by atoms with E-state index in [2.05, 4.69) is 0 Å². The van der Waals surface area contributed by atoms with Crippen LogP contribution in [0.2, 0.25) is 0 Å². The van der Waals surface area contributed by atoms with E-state index in [9.17, 15) is 8.42 Å². The maximum absolute atomic E-state index is 11.9. The van der Waals surface area contributed by atoms with Crippen LogP contribution in [0, 0.1) is 6.92 Å². The Bertz CT molecular complexity index is 471. The number of methoxy groups -OCH3 is 1. The molecule has 1 aromatic rings. The lowest BCUT2D eigenvalue weighted by molar-refractivity contribution is 0.199. The van der Waals surface area contributed by atoms with Gasteiger partial charge in [0.2, 0.25) is 0 Å². The zero-order valence-electron chi connectivity index (χ0n) is 10.9. The van der Waals surface area contributed by atoms with Gasteiger partial charge in [-0.2, -0.15) is 0 Å². The van der Waals surface area contributed by atoms with Gasteiger partial charge in [-0.25, -0.2) is 8.42 Å². The molecule has 0 spiro atoms. The van der Waals surface area contributed by atoms with Crippen LogP contribution < -0.4 is 5.73 Å². The molecule has 0 saturated carbocycles. The highest BCUT2D eigenvalue weighted by Crippen LogP contribution is 2.17. The van der Waals surface area contributed by atoms with E-state index in [1.54, 1.807) is 7.11 Å². The van der Waals surface area contributed by atoms with E-state index in [0.717, 1.165) is 11.1 Å². The van der Waals surface area contributed by atoms with Crippen LogP contribution >= 0.6 is 0 Å². The van der Waals surface area contributed by atoms with Crippen LogP contribution in [0.5, 0.6) is 0 Å². The number of hydrogen-bond acceptors (Lipinski definition) is 4. The van der Waals surface area contributed by atoms with E-state index in [0.29, 0.717) is 13.0 Å². The molecule has 1 rings (SSSR count). The molecule has 0 aromatic heterocycles. The molecule has 0 saturated heterocycles. The first-order valence-electron chi connectivity index (χ1n) is 5.97. The van der Waals surface area contributed by atoms with Crippen molar-refractivity contribution in [3.05, 3.63) is 35.4 Å². The minimum atomic E-state index is -3.12. The van der Waals surface area contributed by atoms with Crippen LogP contribution in [0.1, 0.15) is 23.6 Å². The molecule has 18 heavy (non-hydrogen) atoms. The molecular formula is C13H21NO3S. The van der Waals surface area contributed by atoms with Gasteiger partial charge >= 0.3 is 0 Å². The quantitative estimate of drug-likeness (QED) is 0.762. The maximum atomic E-state index is 11.9. The van der Waals surface area contributed by atoms with Crippen LogP contribution in [0.15, 0.2) is 24.3 Å². The molecule has 0 bridgehead atoms. The predicted molar refractivity (Wildman–Crippen MR) is 73.3 cm³/mol. The summed E-state index contributed by atoms with van der Waals surface area (Å²) in [5.74, 6) is 0.113. The average molecular weight is 271 g/mol. The van der Waals surface area contributed by atoms with E-state index >= 15 is 0 Å². The molecular weight excluding hydrogens is 250 g/mol. The maximum Gasteiger partial charge on any atom is 0.152 e. The molecule has 2 N–H and O–H groups in total. The second-order valence-electron chi connectivity index (χ2n) is 4.42. The Morgan fingerprint density at radius 1 is 1.33 bits per heavy atom. The summed E-state index contributed by atoms with van der Waals surface area (Å²) >= 11 is 0. The Morgan fingerprint density at radius 3 is 2.61 bits per heavy atom. The average Bonchev–Trinajstić information content (AvgIpc) is 2.29. The van der Waals surface area contributed by atoms with E-state index in [1.807, 2.05) is 31.2 Å². The Kier molecular flexibility index (Phi) is 5.78. The second-order valence-corrected chi connectivity index (χ2v) is 6.65. The topological polar surface area (TPSA) is 69.4 Å². The van der Waals surface area contributed by atoms with Gasteiger partial charge in [-0.1, -0.05) is 24.3 Å². The molecule has 0 aliphatic carbocycles. The fourth-order valence-electron chi connectivity index (χ4n) is 1.87. The van der Waals surface area contributed by atoms with Crippen molar-refractivity contribution in [3.8, 4) is 0 Å². The predicted octanol–water partition coefficient (Wildman–Crippen LogP) is 1.45. The zero-order chi connectivity index (χ0) is 13.6. The summed E-state index contributed by atoms with van der Waals surface area (Å²) in [5.41, 5.74) is 7.90. The summed E-state index contributed by atoms with van der Waals surface area (Å²) in [4.78, 5) is 0. The summed E-state index contributed by atoms with van der Waals surface area (Å²) in [6.45, 7) is 2.39. The highest BCUT2D eigenvalue weighted by atomic mass is 32.2. The van der Waals surface area contributed by atoms with Gasteiger partial charge in [0.15, 0.2) is 9.84 Å². The third-order valence-electron chi connectivity index (χ3n) is 2.83. The molecule has 1 atom stereocenters. The van der Waals surface area contributed by atoms with Crippen molar-refractivity contribution in [1.29, 1.82) is 0 Å². The summed E-state index contributed by atoms with van der Waals surface area (Å²) in [7, 11) is -1.56. The molecule has 5 heteroatoms. The molecule has 0 heterocycles. The smallest absolute Gasteiger partial charge is 0.152 e. The minimum absolute atomic E-state index is 0.0123. The summed E-state index contributed by atoms with van der Waals surface area (Å²) in [6, 6.07) is 7.15. The largest absolute Gasteiger partial charge is 0.385 e. The molecule has 1 aromatic carbocycles. The summed E-state index contributed by atoms with van der Waals surface area (Å²) in [6.07, 6.45) is 0.513. The van der Waals surface area contributed by atoms with Crippen LogP contribution in [0.4, 0.5) is 0 Å². The highest BCUT2D eigenvalue weighted by molar-refractivity contribution is 7.91. The van der Waals surface area contributed by atoms with Gasteiger partial charge in [-0.3, -0.25) is 0 Å². The number of nitrogens with two attached hydrogens (primary N) is 1. The van der Waals surface area contributed by atoms with Gasteiger partial charge in [0, 0.05) is 19.8 Å². The van der Waals surface area contributed by atoms with Crippen LogP contribution in [0.25, 0.3) is 0 Å². The highest BCUT2D eigenvalue weighted by Gasteiger charge is 2.18. The lowest BCUT2D eigenvalue weighted by Crippen LogP contribution is -2.24. The van der Waals surface area contributed by atoms with Crippen molar-refractivity contribution < 1.29 is 13.2 Å². The number of sulfone groups is 1. The lowest BCUT2D eigenvalue weighted by Gasteiger charge is -2.14. The monoisotopic (exact) mass is 271 g/mol. The number of rotatable bonds is 7. The van der Waals surface area contributed by atoms with Gasteiger partial charge in [-0.15, -0.1) is 0 Å². The van der Waals surface area contributed by atoms with Gasteiger partial charge < -0.3 is 10.5 Å². The third-order valence-corrected chi connectivity index (χ3v) is 4.60. The molecule has 4 nitrogen and oxygen atoms in total. The van der Waals surface area contributed by atoms with Crippen molar-refractivity contribution >= 4 is 9.84 Å². The van der Waals surface area contributed by atoms with Crippen LogP contribution in [-0.2, 0) is 14.6 Å². The Morgan fingerprint density at radius 2 is 2.00 bits per heavy atom. The standard InChI is InChI=1S/C13H21NO3S/c1-11-6-3-4-7-12(11)13(14)10-18(15,16)9-5-8-17-2/h3-4,6-7,13H,5,8-10,14H2,1-2H3. The molecule has 0 amide bonds. The summed E-state index contributed by atoms with van der Waals surface area (Å²) in [5, 5.41) is 0. The van der Waals surface area contributed by atoms with E-state index in [-0.39, 0.29) is 11.5 Å². The number of ether oxygens (including phenoxy) is 1.